The molecule has 2 aromatic carbocycles. The van der Waals surface area contributed by atoms with Crippen LogP contribution < -0.4 is 10.0 Å². The number of fused-ring (bicyclic) bond motifs is 1. The smallest absolute Gasteiger partial charge is 0.383 e. The summed E-state index contributed by atoms with van der Waals surface area (Å²) in [6.07, 6.45) is -13.7. The van der Waals surface area contributed by atoms with Crippen molar-refractivity contribution < 1.29 is 54.6 Å². The summed E-state index contributed by atoms with van der Waals surface area (Å²) >= 11 is 0. The second kappa shape index (κ2) is 10.4. The van der Waals surface area contributed by atoms with Crippen LogP contribution in [0.15, 0.2) is 47.4 Å². The maximum Gasteiger partial charge on any atom is 0.430 e. The van der Waals surface area contributed by atoms with Crippen molar-refractivity contribution in [1.82, 2.24) is 9.62 Å². The van der Waals surface area contributed by atoms with E-state index in [1.165, 1.54) is 32.2 Å². The fourth-order valence-corrected chi connectivity index (χ4v) is 4.84. The van der Waals surface area contributed by atoms with Crippen LogP contribution in [0.1, 0.15) is 36.1 Å². The van der Waals surface area contributed by atoms with E-state index in [0.29, 0.717) is 24.3 Å². The second-order valence-corrected chi connectivity index (χ2v) is 10.5. The molecule has 2 amide bonds. The molecule has 1 aliphatic rings. The lowest BCUT2D eigenvalue weighted by atomic mass is 9.92. The first-order chi connectivity index (χ1) is 17.9. The van der Waals surface area contributed by atoms with E-state index >= 15 is 0 Å². The van der Waals surface area contributed by atoms with Gasteiger partial charge in [0.15, 0.2) is 0 Å². The molecule has 16 heteroatoms. The molecule has 2 aromatic rings. The minimum Gasteiger partial charge on any atom is -0.383 e. The number of anilines is 1. The van der Waals surface area contributed by atoms with E-state index in [1.807, 2.05) is 0 Å². The van der Waals surface area contributed by atoms with Crippen molar-refractivity contribution in [2.45, 2.75) is 54.9 Å². The Morgan fingerprint density at radius 3 is 2.10 bits per heavy atom. The zero-order valence-electron chi connectivity index (χ0n) is 20.3. The van der Waals surface area contributed by atoms with Crippen molar-refractivity contribution in [3.8, 4) is 0 Å². The van der Waals surface area contributed by atoms with Gasteiger partial charge in [-0.15, -0.1) is 0 Å². The fraction of sp³-hybridized carbons (Fsp3) is 0.391. The molecule has 0 aliphatic carbocycles. The monoisotopic (exact) mass is 583 g/mol. The molecule has 0 bridgehead atoms. The standard InChI is InChI=1S/C23H23F6N3O6S/c1-3-17(33)20(35)32-11-12-10-15(39(37,38)30-2)8-9-16(12)18(32)19(34)31-14-6-4-13(5-7-14)21(36,22(24,25)26)23(27,28)29/h4-10,17-18,30,33,36H,3,11H2,1-2H3,(H,31,34)/t17-,18-/m0/s1. The number of hydrogen-bond donors (Lipinski definition) is 4. The van der Waals surface area contributed by atoms with Crippen molar-refractivity contribution >= 4 is 27.5 Å². The lowest BCUT2D eigenvalue weighted by Crippen LogP contribution is -2.53. The van der Waals surface area contributed by atoms with Gasteiger partial charge in [-0.25, -0.2) is 13.1 Å². The highest BCUT2D eigenvalue weighted by Gasteiger charge is 2.71. The first-order valence-electron chi connectivity index (χ1n) is 11.2. The lowest BCUT2D eigenvalue weighted by Gasteiger charge is -2.32. The van der Waals surface area contributed by atoms with Crippen LogP contribution in [0.25, 0.3) is 0 Å². The first kappa shape index (κ1) is 30.3. The van der Waals surface area contributed by atoms with E-state index in [-0.39, 0.29) is 34.7 Å². The molecule has 0 aromatic heterocycles. The Hall–Kier alpha value is -3.21. The number of aliphatic hydroxyl groups excluding tert-OH is 1. The molecule has 0 saturated heterocycles. The molecule has 1 heterocycles. The third-order valence-corrected chi connectivity index (χ3v) is 7.65. The van der Waals surface area contributed by atoms with E-state index in [9.17, 15) is 54.6 Å². The fourth-order valence-electron chi connectivity index (χ4n) is 4.06. The SMILES string of the molecule is CC[C@H](O)C(=O)N1Cc2cc(S(=O)(=O)NC)ccc2[C@H]1C(=O)Nc1ccc(C(O)(C(F)(F)F)C(F)(F)F)cc1. The van der Waals surface area contributed by atoms with E-state index in [2.05, 4.69) is 10.0 Å². The molecule has 0 fully saturated rings. The molecule has 2 atom stereocenters. The molecule has 3 rings (SSSR count). The van der Waals surface area contributed by atoms with Crippen molar-refractivity contribution in [1.29, 1.82) is 0 Å². The van der Waals surface area contributed by atoms with Gasteiger partial charge in [0.2, 0.25) is 10.0 Å². The van der Waals surface area contributed by atoms with Crippen LogP contribution in [0.3, 0.4) is 0 Å². The van der Waals surface area contributed by atoms with Crippen LogP contribution in [0.5, 0.6) is 0 Å². The third-order valence-electron chi connectivity index (χ3n) is 6.23. The summed E-state index contributed by atoms with van der Waals surface area (Å²) in [7, 11) is -2.70. The predicted octanol–water partition coefficient (Wildman–Crippen LogP) is 2.70. The number of hydrogen-bond acceptors (Lipinski definition) is 6. The Labute approximate surface area is 218 Å². The minimum absolute atomic E-state index is 0.0117. The molecule has 214 valence electrons. The normalized spacial score (nSPS) is 17.1. The maximum atomic E-state index is 13.2. The number of benzene rings is 2. The van der Waals surface area contributed by atoms with Crippen LogP contribution in [-0.4, -0.2) is 60.8 Å². The van der Waals surface area contributed by atoms with Crippen LogP contribution in [0, 0.1) is 0 Å². The number of amides is 2. The molecular formula is C23H23F6N3O6S. The summed E-state index contributed by atoms with van der Waals surface area (Å²) in [4.78, 5) is 26.8. The van der Waals surface area contributed by atoms with E-state index in [1.54, 1.807) is 0 Å². The van der Waals surface area contributed by atoms with Crippen molar-refractivity contribution in [2.75, 3.05) is 12.4 Å². The molecule has 0 saturated carbocycles. The van der Waals surface area contributed by atoms with Crippen LogP contribution in [-0.2, 0) is 31.8 Å². The van der Waals surface area contributed by atoms with Gasteiger partial charge < -0.3 is 20.4 Å². The highest BCUT2D eigenvalue weighted by Crippen LogP contribution is 2.50. The Kier molecular flexibility index (Phi) is 8.09. The molecule has 0 spiro atoms. The summed E-state index contributed by atoms with van der Waals surface area (Å²) in [6.45, 7) is 1.24. The molecule has 0 unspecified atom stereocenters. The minimum atomic E-state index is -6.09. The van der Waals surface area contributed by atoms with Crippen LogP contribution in [0.2, 0.25) is 0 Å². The lowest BCUT2D eigenvalue weighted by molar-refractivity contribution is -0.376. The molecule has 0 radical (unpaired) electrons. The maximum absolute atomic E-state index is 13.2. The van der Waals surface area contributed by atoms with Crippen LogP contribution in [0.4, 0.5) is 32.0 Å². The highest BCUT2D eigenvalue weighted by molar-refractivity contribution is 7.89. The predicted molar refractivity (Wildman–Crippen MR) is 123 cm³/mol. The number of rotatable bonds is 7. The quantitative estimate of drug-likeness (QED) is 0.370. The zero-order valence-corrected chi connectivity index (χ0v) is 21.1. The number of carbonyl (C=O) groups is 2. The summed E-state index contributed by atoms with van der Waals surface area (Å²) < 4.78 is 105. The molecule has 39 heavy (non-hydrogen) atoms. The van der Waals surface area contributed by atoms with Gasteiger partial charge in [-0.1, -0.05) is 25.1 Å². The summed E-state index contributed by atoms with van der Waals surface area (Å²) in [5.41, 5.74) is -6.49. The number of nitrogens with zero attached hydrogens (tertiary/aromatic N) is 1. The van der Waals surface area contributed by atoms with Crippen molar-refractivity contribution in [3.05, 3.63) is 59.2 Å². The number of sulfonamides is 1. The highest BCUT2D eigenvalue weighted by atomic mass is 32.2. The molecular weight excluding hydrogens is 560 g/mol. The largest absolute Gasteiger partial charge is 0.430 e. The van der Waals surface area contributed by atoms with Crippen molar-refractivity contribution in [3.63, 3.8) is 0 Å². The van der Waals surface area contributed by atoms with Gasteiger partial charge in [0.1, 0.15) is 12.1 Å². The average Bonchev–Trinajstić information content (AvgIpc) is 3.25. The second-order valence-electron chi connectivity index (χ2n) is 8.63. The van der Waals surface area contributed by atoms with Gasteiger partial charge in [0, 0.05) is 17.8 Å². The molecule has 9 nitrogen and oxygen atoms in total. The number of aliphatic hydroxyl groups is 2. The zero-order chi connectivity index (χ0) is 29.6. The Bertz CT molecular complexity index is 1350. The van der Waals surface area contributed by atoms with Gasteiger partial charge in [0.05, 0.1) is 4.90 Å². The van der Waals surface area contributed by atoms with Gasteiger partial charge in [-0.3, -0.25) is 9.59 Å². The van der Waals surface area contributed by atoms with E-state index in [4.69, 9.17) is 0 Å². The van der Waals surface area contributed by atoms with Gasteiger partial charge in [0.25, 0.3) is 17.4 Å². The first-order valence-corrected chi connectivity index (χ1v) is 12.7. The van der Waals surface area contributed by atoms with E-state index in [0.717, 1.165) is 4.90 Å². The topological polar surface area (TPSA) is 136 Å². The van der Waals surface area contributed by atoms with Gasteiger partial charge >= 0.3 is 12.4 Å². The number of nitrogens with one attached hydrogen (secondary N) is 2. The molecule has 4 N–H and O–H groups in total. The number of alkyl halides is 6. The number of carbonyl (C=O) groups excluding carboxylic acids is 2. The van der Waals surface area contributed by atoms with E-state index < -0.39 is 57.5 Å². The van der Waals surface area contributed by atoms with Gasteiger partial charge in [-0.2, -0.15) is 26.3 Å². The Balaban J connectivity index is 1.97. The Morgan fingerprint density at radius 1 is 1.05 bits per heavy atom. The summed E-state index contributed by atoms with van der Waals surface area (Å²) in [5.74, 6) is -1.80. The third kappa shape index (κ3) is 5.46. The molecule has 1 aliphatic heterocycles. The van der Waals surface area contributed by atoms with Crippen LogP contribution >= 0.6 is 0 Å². The van der Waals surface area contributed by atoms with Crippen molar-refractivity contribution in [2.24, 2.45) is 0 Å². The number of halogens is 6. The Morgan fingerprint density at radius 2 is 1.62 bits per heavy atom. The summed E-state index contributed by atoms with van der Waals surface area (Å²) in [5, 5.41) is 21.9. The summed E-state index contributed by atoms with van der Waals surface area (Å²) in [6, 6.07) is 4.39. The average molecular weight is 584 g/mol. The van der Waals surface area contributed by atoms with Gasteiger partial charge in [-0.05, 0) is 48.9 Å².